The van der Waals surface area contributed by atoms with Crippen molar-refractivity contribution in [2.75, 3.05) is 24.2 Å². The predicted molar refractivity (Wildman–Crippen MR) is 78.6 cm³/mol. The standard InChI is InChI=1S/C13H20N4S/c1-18-10-4-3-8-17(9-6-10)11-5-2-7-16-12(11)13(14)15/h2,5,7,10H,3-4,6,8-9H2,1H3,(H3,14,15). The molecule has 2 heterocycles. The van der Waals surface area contributed by atoms with Crippen LogP contribution < -0.4 is 10.6 Å². The quantitative estimate of drug-likeness (QED) is 0.648. The monoisotopic (exact) mass is 264 g/mol. The summed E-state index contributed by atoms with van der Waals surface area (Å²) in [6, 6.07) is 3.93. The van der Waals surface area contributed by atoms with Crippen molar-refractivity contribution in [1.29, 1.82) is 5.41 Å². The molecule has 98 valence electrons. The molecule has 4 nitrogen and oxygen atoms in total. The Morgan fingerprint density at radius 2 is 2.33 bits per heavy atom. The molecule has 1 unspecified atom stereocenters. The zero-order valence-corrected chi connectivity index (χ0v) is 11.5. The van der Waals surface area contributed by atoms with Crippen molar-refractivity contribution < 1.29 is 0 Å². The molecule has 1 aromatic rings. The summed E-state index contributed by atoms with van der Waals surface area (Å²) in [4.78, 5) is 6.55. The number of nitrogens with zero attached hydrogens (tertiary/aromatic N) is 2. The lowest BCUT2D eigenvalue weighted by Crippen LogP contribution is -2.28. The number of aromatic nitrogens is 1. The lowest BCUT2D eigenvalue weighted by atomic mass is 10.2. The Balaban J connectivity index is 2.18. The molecule has 2 rings (SSSR count). The Bertz CT molecular complexity index is 421. The van der Waals surface area contributed by atoms with E-state index in [2.05, 4.69) is 16.1 Å². The Morgan fingerprint density at radius 3 is 3.06 bits per heavy atom. The van der Waals surface area contributed by atoms with E-state index in [0.717, 1.165) is 24.0 Å². The molecule has 5 heteroatoms. The van der Waals surface area contributed by atoms with E-state index >= 15 is 0 Å². The van der Waals surface area contributed by atoms with E-state index < -0.39 is 0 Å². The van der Waals surface area contributed by atoms with E-state index in [9.17, 15) is 0 Å². The first-order valence-corrected chi connectivity index (χ1v) is 7.58. The highest BCUT2D eigenvalue weighted by atomic mass is 32.2. The molecule has 0 spiro atoms. The lowest BCUT2D eigenvalue weighted by Gasteiger charge is -2.24. The highest BCUT2D eigenvalue weighted by molar-refractivity contribution is 7.99. The normalized spacial score (nSPS) is 20.5. The van der Waals surface area contributed by atoms with Crippen LogP contribution in [0.2, 0.25) is 0 Å². The molecule has 1 saturated heterocycles. The van der Waals surface area contributed by atoms with Crippen LogP contribution >= 0.6 is 11.8 Å². The van der Waals surface area contributed by atoms with Gasteiger partial charge in [-0.2, -0.15) is 11.8 Å². The molecule has 3 N–H and O–H groups in total. The molecule has 1 atom stereocenters. The summed E-state index contributed by atoms with van der Waals surface area (Å²) in [5.41, 5.74) is 7.22. The first kappa shape index (κ1) is 13.2. The molecule has 1 aromatic heterocycles. The third-order valence-electron chi connectivity index (χ3n) is 3.39. The zero-order chi connectivity index (χ0) is 13.0. The van der Waals surface area contributed by atoms with E-state index in [-0.39, 0.29) is 5.84 Å². The number of nitrogens with one attached hydrogen (secondary N) is 1. The van der Waals surface area contributed by atoms with Crippen LogP contribution in [0.15, 0.2) is 18.3 Å². The number of anilines is 1. The molecule has 0 saturated carbocycles. The minimum atomic E-state index is 0.0521. The van der Waals surface area contributed by atoms with Gasteiger partial charge >= 0.3 is 0 Å². The molecule has 1 aliphatic rings. The van der Waals surface area contributed by atoms with Crippen LogP contribution in [0.3, 0.4) is 0 Å². The van der Waals surface area contributed by atoms with E-state index in [4.69, 9.17) is 11.1 Å². The second-order valence-corrected chi connectivity index (χ2v) is 5.70. The number of thioether (sulfide) groups is 1. The molecule has 0 bridgehead atoms. The smallest absolute Gasteiger partial charge is 0.143 e. The summed E-state index contributed by atoms with van der Waals surface area (Å²) in [5.74, 6) is 0.0521. The number of rotatable bonds is 3. The van der Waals surface area contributed by atoms with E-state index in [1.807, 2.05) is 23.9 Å². The molecular weight excluding hydrogens is 244 g/mol. The van der Waals surface area contributed by atoms with Gasteiger partial charge in [-0.05, 0) is 37.7 Å². The van der Waals surface area contributed by atoms with Gasteiger partial charge in [-0.15, -0.1) is 0 Å². The molecular formula is C13H20N4S. The Labute approximate surface area is 112 Å². The second kappa shape index (κ2) is 6.09. The maximum atomic E-state index is 7.61. The SMILES string of the molecule is CSC1CCCN(c2cccnc2C(=N)N)CC1. The Kier molecular flexibility index (Phi) is 4.47. The first-order chi connectivity index (χ1) is 8.72. The van der Waals surface area contributed by atoms with Gasteiger partial charge in [0.1, 0.15) is 11.5 Å². The summed E-state index contributed by atoms with van der Waals surface area (Å²) < 4.78 is 0. The number of nitrogens with two attached hydrogens (primary N) is 1. The van der Waals surface area contributed by atoms with Gasteiger partial charge in [-0.1, -0.05) is 0 Å². The molecule has 1 fully saturated rings. The fourth-order valence-corrected chi connectivity index (χ4v) is 3.15. The van der Waals surface area contributed by atoms with Gasteiger partial charge in [-0.25, -0.2) is 0 Å². The molecule has 1 aliphatic heterocycles. The van der Waals surface area contributed by atoms with Crippen LogP contribution in [-0.4, -0.2) is 35.4 Å². The van der Waals surface area contributed by atoms with Gasteiger partial charge < -0.3 is 10.6 Å². The summed E-state index contributed by atoms with van der Waals surface area (Å²) in [6.07, 6.45) is 7.53. The topological polar surface area (TPSA) is 66.0 Å². The van der Waals surface area contributed by atoms with Gasteiger partial charge in [0, 0.05) is 24.5 Å². The minimum Gasteiger partial charge on any atom is -0.382 e. The summed E-state index contributed by atoms with van der Waals surface area (Å²) >= 11 is 1.96. The van der Waals surface area contributed by atoms with Crippen LogP contribution in [0, 0.1) is 5.41 Å². The van der Waals surface area contributed by atoms with Gasteiger partial charge in [0.05, 0.1) is 5.69 Å². The Hall–Kier alpha value is -1.23. The van der Waals surface area contributed by atoms with Crippen LogP contribution in [0.4, 0.5) is 5.69 Å². The average Bonchev–Trinajstić information content (AvgIpc) is 2.63. The summed E-state index contributed by atoms with van der Waals surface area (Å²) in [5, 5.41) is 8.37. The molecule has 0 aliphatic carbocycles. The minimum absolute atomic E-state index is 0.0521. The van der Waals surface area contributed by atoms with Gasteiger partial charge in [0.25, 0.3) is 0 Å². The average molecular weight is 264 g/mol. The first-order valence-electron chi connectivity index (χ1n) is 6.29. The fourth-order valence-electron chi connectivity index (χ4n) is 2.40. The van der Waals surface area contributed by atoms with Crippen molar-refractivity contribution in [3.63, 3.8) is 0 Å². The third-order valence-corrected chi connectivity index (χ3v) is 4.53. The van der Waals surface area contributed by atoms with Crippen LogP contribution in [0.5, 0.6) is 0 Å². The summed E-state index contributed by atoms with van der Waals surface area (Å²) in [6.45, 7) is 2.06. The maximum absolute atomic E-state index is 7.61. The van der Waals surface area contributed by atoms with Crippen molar-refractivity contribution >= 4 is 23.3 Å². The number of pyridine rings is 1. The van der Waals surface area contributed by atoms with E-state index in [1.54, 1.807) is 6.20 Å². The van der Waals surface area contributed by atoms with Gasteiger partial charge in [-0.3, -0.25) is 10.4 Å². The summed E-state index contributed by atoms with van der Waals surface area (Å²) in [7, 11) is 0. The van der Waals surface area contributed by atoms with Gasteiger partial charge in [0.2, 0.25) is 0 Å². The van der Waals surface area contributed by atoms with E-state index in [1.165, 1.54) is 19.3 Å². The number of amidine groups is 1. The highest BCUT2D eigenvalue weighted by Crippen LogP contribution is 2.26. The molecule has 18 heavy (non-hydrogen) atoms. The van der Waals surface area contributed by atoms with Gasteiger partial charge in [0.15, 0.2) is 0 Å². The van der Waals surface area contributed by atoms with Crippen molar-refractivity contribution in [2.45, 2.75) is 24.5 Å². The van der Waals surface area contributed by atoms with Crippen LogP contribution in [0.1, 0.15) is 25.0 Å². The zero-order valence-electron chi connectivity index (χ0n) is 10.7. The predicted octanol–water partition coefficient (Wildman–Crippen LogP) is 2.09. The lowest BCUT2D eigenvalue weighted by molar-refractivity contribution is 0.745. The van der Waals surface area contributed by atoms with Crippen molar-refractivity contribution in [1.82, 2.24) is 4.98 Å². The molecule has 0 amide bonds. The van der Waals surface area contributed by atoms with Crippen molar-refractivity contribution in [3.8, 4) is 0 Å². The van der Waals surface area contributed by atoms with Crippen molar-refractivity contribution in [3.05, 3.63) is 24.0 Å². The Morgan fingerprint density at radius 1 is 1.50 bits per heavy atom. The largest absolute Gasteiger partial charge is 0.382 e. The number of nitrogen functional groups attached to an aromatic ring is 1. The fraction of sp³-hybridized carbons (Fsp3) is 0.538. The molecule has 0 aromatic carbocycles. The van der Waals surface area contributed by atoms with Crippen LogP contribution in [0.25, 0.3) is 0 Å². The van der Waals surface area contributed by atoms with E-state index in [0.29, 0.717) is 5.69 Å². The number of hydrogen-bond acceptors (Lipinski definition) is 4. The van der Waals surface area contributed by atoms with Crippen molar-refractivity contribution in [2.24, 2.45) is 5.73 Å². The van der Waals surface area contributed by atoms with Crippen LogP contribution in [-0.2, 0) is 0 Å². The third kappa shape index (κ3) is 2.96. The second-order valence-electron chi connectivity index (χ2n) is 4.56. The highest BCUT2D eigenvalue weighted by Gasteiger charge is 2.19. The maximum Gasteiger partial charge on any atom is 0.143 e. The molecule has 0 radical (unpaired) electrons. The number of hydrogen-bond donors (Lipinski definition) is 2.